The first-order chi connectivity index (χ1) is 13.1. The topological polar surface area (TPSA) is 82.5 Å². The quantitative estimate of drug-likeness (QED) is 0.713. The Morgan fingerprint density at radius 2 is 1.89 bits per heavy atom. The molecule has 0 spiro atoms. The lowest BCUT2D eigenvalue weighted by Gasteiger charge is -2.26. The predicted octanol–water partition coefficient (Wildman–Crippen LogP) is 3.23. The average Bonchev–Trinajstić information content (AvgIpc) is 3.51. The molecule has 2 amide bonds. The Hall–Kier alpha value is -2.89. The minimum absolute atomic E-state index is 0.0292. The van der Waals surface area contributed by atoms with E-state index in [4.69, 9.17) is 5.11 Å². The Bertz CT molecular complexity index is 748. The molecule has 2 N–H and O–H groups in total. The van der Waals surface area contributed by atoms with E-state index in [1.807, 2.05) is 53.4 Å². The Kier molecular flexibility index (Phi) is 6.41. The van der Waals surface area contributed by atoms with Crippen molar-refractivity contribution in [2.24, 2.45) is 0 Å². The number of aromatic nitrogens is 1. The standard InChI is InChI=1S/C21H25N3O3/c25-20(26)12-9-17(14-16-6-2-1-3-7-16)23-21(27)24(19-10-11-19)15-18-8-4-5-13-22-18/h1-8,13,17,19H,9-12,14-15H2,(H,23,27)(H,25,26). The van der Waals surface area contributed by atoms with Crippen molar-refractivity contribution in [3.8, 4) is 0 Å². The van der Waals surface area contributed by atoms with Crippen molar-refractivity contribution >= 4 is 12.0 Å². The molecule has 1 aromatic heterocycles. The summed E-state index contributed by atoms with van der Waals surface area (Å²) in [4.78, 5) is 30.1. The Morgan fingerprint density at radius 1 is 1.15 bits per heavy atom. The minimum Gasteiger partial charge on any atom is -0.481 e. The molecule has 1 aliphatic rings. The van der Waals surface area contributed by atoms with Gasteiger partial charge in [0.2, 0.25) is 0 Å². The van der Waals surface area contributed by atoms with Gasteiger partial charge in [-0.25, -0.2) is 4.79 Å². The Morgan fingerprint density at radius 3 is 2.52 bits per heavy atom. The molecule has 0 saturated heterocycles. The number of benzene rings is 1. The number of rotatable bonds is 9. The van der Waals surface area contributed by atoms with Gasteiger partial charge in [0.05, 0.1) is 12.2 Å². The molecule has 1 aromatic carbocycles. The Labute approximate surface area is 159 Å². The third-order valence-electron chi connectivity index (χ3n) is 4.67. The zero-order valence-electron chi connectivity index (χ0n) is 15.3. The number of amides is 2. The van der Waals surface area contributed by atoms with Crippen molar-refractivity contribution in [1.29, 1.82) is 0 Å². The first-order valence-electron chi connectivity index (χ1n) is 9.34. The minimum atomic E-state index is -0.852. The number of carboxylic acids is 1. The van der Waals surface area contributed by atoms with E-state index in [0.29, 0.717) is 19.4 Å². The van der Waals surface area contributed by atoms with Crippen molar-refractivity contribution in [1.82, 2.24) is 15.2 Å². The molecule has 1 saturated carbocycles. The van der Waals surface area contributed by atoms with Crippen LogP contribution < -0.4 is 5.32 Å². The summed E-state index contributed by atoms with van der Waals surface area (Å²) in [7, 11) is 0. The summed E-state index contributed by atoms with van der Waals surface area (Å²) in [6, 6.07) is 15.4. The first kappa shape index (κ1) is 18.9. The van der Waals surface area contributed by atoms with Gasteiger partial charge in [0.15, 0.2) is 0 Å². The van der Waals surface area contributed by atoms with Crippen molar-refractivity contribution in [3.63, 3.8) is 0 Å². The van der Waals surface area contributed by atoms with E-state index in [1.54, 1.807) is 6.20 Å². The highest BCUT2D eigenvalue weighted by molar-refractivity contribution is 5.75. The van der Waals surface area contributed by atoms with Gasteiger partial charge in [-0.3, -0.25) is 9.78 Å². The van der Waals surface area contributed by atoms with Crippen LogP contribution in [0.25, 0.3) is 0 Å². The second-order valence-corrected chi connectivity index (χ2v) is 6.95. The number of pyridine rings is 1. The van der Waals surface area contributed by atoms with Crippen molar-refractivity contribution in [3.05, 3.63) is 66.0 Å². The molecule has 2 aromatic rings. The van der Waals surface area contributed by atoms with Crippen molar-refractivity contribution in [2.45, 2.75) is 50.7 Å². The number of carboxylic acid groups (broad SMARTS) is 1. The number of carbonyl (C=O) groups excluding carboxylic acids is 1. The van der Waals surface area contributed by atoms with Crippen LogP contribution in [-0.2, 0) is 17.8 Å². The number of nitrogens with zero attached hydrogens (tertiary/aromatic N) is 2. The van der Waals surface area contributed by atoms with Gasteiger partial charge in [0.1, 0.15) is 0 Å². The summed E-state index contributed by atoms with van der Waals surface area (Å²) in [6.45, 7) is 0.467. The largest absolute Gasteiger partial charge is 0.481 e. The van der Waals surface area contributed by atoms with Crippen LogP contribution in [-0.4, -0.2) is 39.1 Å². The van der Waals surface area contributed by atoms with E-state index >= 15 is 0 Å². The van der Waals surface area contributed by atoms with E-state index in [-0.39, 0.29) is 24.5 Å². The first-order valence-corrected chi connectivity index (χ1v) is 9.34. The van der Waals surface area contributed by atoms with Gasteiger partial charge < -0.3 is 15.3 Å². The van der Waals surface area contributed by atoms with Gasteiger partial charge in [0.25, 0.3) is 0 Å². The van der Waals surface area contributed by atoms with Gasteiger partial charge >= 0.3 is 12.0 Å². The van der Waals surface area contributed by atoms with Crippen LogP contribution in [0.5, 0.6) is 0 Å². The monoisotopic (exact) mass is 367 g/mol. The summed E-state index contributed by atoms with van der Waals surface area (Å²) < 4.78 is 0. The number of hydrogen-bond acceptors (Lipinski definition) is 3. The summed E-state index contributed by atoms with van der Waals surface area (Å²) in [5.41, 5.74) is 1.93. The predicted molar refractivity (Wildman–Crippen MR) is 102 cm³/mol. The molecule has 27 heavy (non-hydrogen) atoms. The van der Waals surface area contributed by atoms with Crippen molar-refractivity contribution in [2.75, 3.05) is 0 Å². The summed E-state index contributed by atoms with van der Waals surface area (Å²) >= 11 is 0. The van der Waals surface area contributed by atoms with E-state index in [9.17, 15) is 9.59 Å². The molecule has 1 aliphatic carbocycles. The van der Waals surface area contributed by atoms with Crippen LogP contribution in [0.2, 0.25) is 0 Å². The van der Waals surface area contributed by atoms with Crippen LogP contribution in [0.1, 0.15) is 36.9 Å². The molecule has 0 radical (unpaired) electrons. The normalized spacial score (nSPS) is 14.4. The highest BCUT2D eigenvalue weighted by atomic mass is 16.4. The molecule has 1 unspecified atom stereocenters. The summed E-state index contributed by atoms with van der Waals surface area (Å²) in [5, 5.41) is 12.1. The lowest BCUT2D eigenvalue weighted by atomic mass is 10.0. The number of urea groups is 1. The highest BCUT2D eigenvalue weighted by Crippen LogP contribution is 2.28. The lowest BCUT2D eigenvalue weighted by molar-refractivity contribution is -0.137. The molecular weight excluding hydrogens is 342 g/mol. The van der Waals surface area contributed by atoms with Gasteiger partial charge in [0, 0.05) is 24.7 Å². The van der Waals surface area contributed by atoms with E-state index in [0.717, 1.165) is 24.1 Å². The molecule has 1 atom stereocenters. The van der Waals surface area contributed by atoms with E-state index < -0.39 is 5.97 Å². The molecule has 3 rings (SSSR count). The Balaban J connectivity index is 1.66. The van der Waals surface area contributed by atoms with Crippen LogP contribution >= 0.6 is 0 Å². The summed E-state index contributed by atoms with van der Waals surface area (Å²) in [5.74, 6) is -0.852. The van der Waals surface area contributed by atoms with Crippen molar-refractivity contribution < 1.29 is 14.7 Å². The van der Waals surface area contributed by atoms with Gasteiger partial charge in [-0.1, -0.05) is 36.4 Å². The maximum Gasteiger partial charge on any atom is 0.318 e. The number of aliphatic carboxylic acids is 1. The third kappa shape index (κ3) is 6.09. The van der Waals surface area contributed by atoms with Gasteiger partial charge in [-0.15, -0.1) is 0 Å². The molecule has 0 bridgehead atoms. The van der Waals surface area contributed by atoms with Gasteiger partial charge in [-0.2, -0.15) is 0 Å². The number of carbonyl (C=O) groups is 2. The second-order valence-electron chi connectivity index (χ2n) is 6.95. The molecule has 6 nitrogen and oxygen atoms in total. The van der Waals surface area contributed by atoms with Gasteiger partial charge in [-0.05, 0) is 43.4 Å². The van der Waals surface area contributed by atoms with Crippen LogP contribution in [0, 0.1) is 0 Å². The molecule has 0 aliphatic heterocycles. The van der Waals surface area contributed by atoms with E-state index in [1.165, 1.54) is 0 Å². The third-order valence-corrected chi connectivity index (χ3v) is 4.67. The molecular formula is C21H25N3O3. The SMILES string of the molecule is O=C(O)CCC(Cc1ccccc1)NC(=O)N(Cc1ccccn1)C1CC1. The molecule has 1 heterocycles. The van der Waals surface area contributed by atoms with Crippen LogP contribution in [0.3, 0.4) is 0 Å². The number of nitrogens with one attached hydrogen (secondary N) is 1. The number of hydrogen-bond donors (Lipinski definition) is 2. The molecule has 142 valence electrons. The highest BCUT2D eigenvalue weighted by Gasteiger charge is 2.33. The molecule has 6 heteroatoms. The fourth-order valence-electron chi connectivity index (χ4n) is 3.10. The maximum absolute atomic E-state index is 12.9. The van der Waals surface area contributed by atoms with E-state index in [2.05, 4.69) is 10.3 Å². The molecule has 1 fully saturated rings. The lowest BCUT2D eigenvalue weighted by Crippen LogP contribution is -2.46. The van der Waals surface area contributed by atoms with Crippen LogP contribution in [0.4, 0.5) is 4.79 Å². The smallest absolute Gasteiger partial charge is 0.318 e. The zero-order chi connectivity index (χ0) is 19.1. The maximum atomic E-state index is 12.9. The van der Waals surface area contributed by atoms with Crippen LogP contribution in [0.15, 0.2) is 54.7 Å². The zero-order valence-corrected chi connectivity index (χ0v) is 15.3. The fourth-order valence-corrected chi connectivity index (χ4v) is 3.10. The second kappa shape index (κ2) is 9.16. The fraction of sp³-hybridized carbons (Fsp3) is 0.381. The summed E-state index contributed by atoms with van der Waals surface area (Å²) in [6.07, 6.45) is 4.77. The average molecular weight is 367 g/mol.